The molecule has 21 heteroatoms. The van der Waals surface area contributed by atoms with E-state index in [9.17, 15) is 46.5 Å². The fraction of sp³-hybridized carbons (Fsp3) is 0.354. The Hall–Kier alpha value is -6.71. The summed E-state index contributed by atoms with van der Waals surface area (Å²) < 4.78 is 85.5. The topological polar surface area (TPSA) is 213 Å². The number of sulfone groups is 1. The Balaban J connectivity index is 0.816. The number of thiocarbonyl (C=S) groups is 1. The first-order valence-corrected chi connectivity index (χ1v) is 24.4. The summed E-state index contributed by atoms with van der Waals surface area (Å²) in [7, 11) is -3.64. The molecule has 16 nitrogen and oxygen atoms in total. The van der Waals surface area contributed by atoms with Crippen LogP contribution in [0.1, 0.15) is 83.4 Å². The molecule has 5 N–H and O–H groups in total. The van der Waals surface area contributed by atoms with Gasteiger partial charge in [0, 0.05) is 90.8 Å². The highest BCUT2D eigenvalue weighted by Gasteiger charge is 2.54. The fourth-order valence-corrected chi connectivity index (χ4v) is 10.1. The second-order valence-corrected chi connectivity index (χ2v) is 19.8. The van der Waals surface area contributed by atoms with Gasteiger partial charge in [-0.2, -0.15) is 13.2 Å². The van der Waals surface area contributed by atoms with Crippen molar-refractivity contribution in [2.45, 2.75) is 75.5 Å². The van der Waals surface area contributed by atoms with E-state index in [1.165, 1.54) is 30.3 Å². The predicted octanol–water partition coefficient (Wildman–Crippen LogP) is 7.31. The molecule has 0 saturated carbocycles. The van der Waals surface area contributed by atoms with E-state index in [-0.39, 0.29) is 80.6 Å². The number of carbonyl (C=O) groups is 2. The van der Waals surface area contributed by atoms with Gasteiger partial charge in [-0.05, 0) is 85.1 Å². The fourth-order valence-electron chi connectivity index (χ4n) is 8.93. The van der Waals surface area contributed by atoms with Crippen molar-refractivity contribution in [1.29, 1.82) is 0 Å². The number of phenolic OH excluding ortho intramolecular Hbond substituents is 2. The summed E-state index contributed by atoms with van der Waals surface area (Å²) >= 11 is 5.49. The second kappa shape index (κ2) is 19.4. The Kier molecular flexibility index (Phi) is 13.7. The summed E-state index contributed by atoms with van der Waals surface area (Å²) in [5, 5.41) is 36.4. The Bertz CT molecular complexity index is 2890. The Labute approximate surface area is 401 Å². The normalized spacial score (nSPS) is 16.1. The van der Waals surface area contributed by atoms with Crippen LogP contribution in [-0.4, -0.2) is 89.2 Å². The number of nitrogens with one attached hydrogen (secondary N) is 2. The number of nitrogens with zero attached hydrogens (tertiary/aromatic N) is 4. The van der Waals surface area contributed by atoms with Gasteiger partial charge < -0.3 is 50.0 Å². The zero-order valence-electron chi connectivity index (χ0n) is 37.7. The third-order valence-electron chi connectivity index (χ3n) is 12.3. The first-order valence-electron chi connectivity index (χ1n) is 22.1. The minimum atomic E-state index is -4.87. The lowest BCUT2D eigenvalue weighted by molar-refractivity contribution is -0.149. The van der Waals surface area contributed by atoms with Crippen LogP contribution in [0.25, 0.3) is 0 Å². The number of piperazine rings is 1. The minimum absolute atomic E-state index is 0.00753. The standard InChI is InChI=1S/C48H49F3N6O10S2/c1-27(2)38-24-56(31-10-8-28(25-58)41(20-31)69(3,63)64)17-18-57(38)45-53-23-29(43(55-45)48(49,50)51)26-65-42(61)7-5-4-6-16-52-46(68)54-30-9-13-35-34(19-30)44(62)67-47(35)36-14-11-32(59)21-39(36)66-40-22-33(60)12-15-37(40)47/h8-15,19-23,27,38,58-60H,4-7,16-18,24-26H2,1-3H3,(H2,52,54,68)/t38-/m0/s1. The van der Waals surface area contributed by atoms with Crippen molar-refractivity contribution in [3.05, 3.63) is 118 Å². The number of aromatic hydroxyl groups is 2. The molecule has 1 saturated heterocycles. The Morgan fingerprint density at radius 2 is 1.65 bits per heavy atom. The molecule has 1 spiro atoms. The average molecular weight is 991 g/mol. The van der Waals surface area contributed by atoms with Crippen molar-refractivity contribution >= 4 is 56.4 Å². The summed E-state index contributed by atoms with van der Waals surface area (Å²) in [5.74, 6) is -1.06. The molecule has 8 rings (SSSR count). The molecule has 3 aliphatic rings. The summed E-state index contributed by atoms with van der Waals surface area (Å²) in [6.07, 6.45) is -1.24. The van der Waals surface area contributed by atoms with Gasteiger partial charge in [0.05, 0.1) is 23.1 Å². The van der Waals surface area contributed by atoms with Gasteiger partial charge in [0.25, 0.3) is 0 Å². The summed E-state index contributed by atoms with van der Waals surface area (Å²) in [5.41, 5.74) is 0.179. The molecule has 1 atom stereocenters. The molecule has 364 valence electrons. The number of ether oxygens (including phenoxy) is 3. The highest BCUT2D eigenvalue weighted by Crippen LogP contribution is 2.57. The highest BCUT2D eigenvalue weighted by atomic mass is 32.2. The SMILES string of the molecule is CC(C)[C@@H]1CN(c2ccc(CO)c(S(C)(=O)=O)c2)CCN1c1ncc(COC(=O)CCCCCNC(=S)Nc2ccc3c(c2)C(=O)OC32c3ccc(O)cc3Oc3cc(O)ccc32)c(C(F)(F)F)n1. The lowest BCUT2D eigenvalue weighted by Crippen LogP contribution is -2.56. The molecule has 0 bridgehead atoms. The van der Waals surface area contributed by atoms with Gasteiger partial charge in [-0.25, -0.2) is 23.2 Å². The van der Waals surface area contributed by atoms with Gasteiger partial charge in [-0.3, -0.25) is 4.79 Å². The van der Waals surface area contributed by atoms with Crippen LogP contribution in [0.15, 0.2) is 83.9 Å². The first kappa shape index (κ1) is 48.7. The maximum Gasteiger partial charge on any atom is 0.433 e. The number of anilines is 3. The molecule has 1 fully saturated rings. The number of halogens is 3. The molecule has 4 aromatic carbocycles. The molecule has 69 heavy (non-hydrogen) atoms. The largest absolute Gasteiger partial charge is 0.508 e. The van der Waals surface area contributed by atoms with Crippen LogP contribution in [0.2, 0.25) is 0 Å². The van der Waals surface area contributed by atoms with Crippen LogP contribution in [0.4, 0.5) is 30.5 Å². The number of benzene rings is 4. The third kappa shape index (κ3) is 10.1. The van der Waals surface area contributed by atoms with Gasteiger partial charge in [0.2, 0.25) is 5.95 Å². The quantitative estimate of drug-likeness (QED) is 0.0419. The van der Waals surface area contributed by atoms with Crippen molar-refractivity contribution in [3.8, 4) is 23.0 Å². The monoisotopic (exact) mass is 990 g/mol. The molecule has 1 aromatic heterocycles. The zero-order chi connectivity index (χ0) is 49.4. The van der Waals surface area contributed by atoms with E-state index in [0.29, 0.717) is 67.0 Å². The van der Waals surface area contributed by atoms with E-state index in [1.807, 2.05) is 18.7 Å². The van der Waals surface area contributed by atoms with E-state index in [4.69, 9.17) is 26.4 Å². The van der Waals surface area contributed by atoms with E-state index in [2.05, 4.69) is 20.6 Å². The molecular formula is C48H49F3N6O10S2. The number of carbonyl (C=O) groups excluding carboxylic acids is 2. The first-order chi connectivity index (χ1) is 32.8. The summed E-state index contributed by atoms with van der Waals surface area (Å²) in [6.45, 7) is 4.05. The molecule has 0 radical (unpaired) electrons. The van der Waals surface area contributed by atoms with Crippen LogP contribution in [0.5, 0.6) is 23.0 Å². The molecule has 3 aliphatic heterocycles. The number of unbranched alkanes of at least 4 members (excludes halogenated alkanes) is 2. The molecular weight excluding hydrogens is 942 g/mol. The second-order valence-electron chi connectivity index (χ2n) is 17.4. The smallest absolute Gasteiger partial charge is 0.433 e. The van der Waals surface area contributed by atoms with Gasteiger partial charge in [-0.15, -0.1) is 0 Å². The summed E-state index contributed by atoms with van der Waals surface area (Å²) in [4.78, 5) is 38.0. The van der Waals surface area contributed by atoms with Gasteiger partial charge in [-0.1, -0.05) is 32.4 Å². The number of aromatic nitrogens is 2. The van der Waals surface area contributed by atoms with Crippen LogP contribution in [0, 0.1) is 5.92 Å². The molecule has 0 unspecified atom stereocenters. The van der Waals surface area contributed by atoms with E-state index < -0.39 is 52.5 Å². The van der Waals surface area contributed by atoms with Crippen molar-refractivity contribution in [2.24, 2.45) is 5.92 Å². The van der Waals surface area contributed by atoms with E-state index in [1.54, 1.807) is 47.4 Å². The molecule has 5 aromatic rings. The van der Waals surface area contributed by atoms with Crippen LogP contribution < -0.4 is 25.2 Å². The van der Waals surface area contributed by atoms with Gasteiger partial charge in [0.1, 0.15) is 29.6 Å². The number of hydrogen-bond donors (Lipinski definition) is 5. The minimum Gasteiger partial charge on any atom is -0.508 e. The number of phenols is 2. The number of aliphatic hydroxyl groups excluding tert-OH is 1. The number of rotatable bonds is 14. The number of fused-ring (bicyclic) bond motifs is 6. The number of alkyl halides is 3. The highest BCUT2D eigenvalue weighted by molar-refractivity contribution is 7.90. The van der Waals surface area contributed by atoms with Gasteiger partial charge in [0.15, 0.2) is 26.2 Å². The lowest BCUT2D eigenvalue weighted by Gasteiger charge is -2.44. The Morgan fingerprint density at radius 3 is 2.30 bits per heavy atom. The number of esters is 2. The van der Waals surface area contributed by atoms with Crippen LogP contribution >= 0.6 is 12.2 Å². The predicted molar refractivity (Wildman–Crippen MR) is 251 cm³/mol. The van der Waals surface area contributed by atoms with Crippen molar-refractivity contribution in [1.82, 2.24) is 15.3 Å². The zero-order valence-corrected chi connectivity index (χ0v) is 39.3. The van der Waals surface area contributed by atoms with E-state index in [0.717, 1.165) is 12.5 Å². The van der Waals surface area contributed by atoms with Crippen molar-refractivity contribution in [3.63, 3.8) is 0 Å². The lowest BCUT2D eigenvalue weighted by atomic mass is 9.77. The maximum absolute atomic E-state index is 14.4. The van der Waals surface area contributed by atoms with Gasteiger partial charge >= 0.3 is 18.1 Å². The van der Waals surface area contributed by atoms with Crippen molar-refractivity contribution in [2.75, 3.05) is 47.6 Å². The number of hydrogen-bond acceptors (Lipinski definition) is 15. The Morgan fingerprint density at radius 1 is 0.957 bits per heavy atom. The van der Waals surface area contributed by atoms with E-state index >= 15 is 0 Å². The van der Waals surface area contributed by atoms with Crippen molar-refractivity contribution < 1.29 is 60.7 Å². The number of aliphatic hydroxyl groups is 1. The molecule has 0 amide bonds. The average Bonchev–Trinajstić information content (AvgIpc) is 3.58. The molecule has 4 heterocycles. The molecule has 0 aliphatic carbocycles. The maximum atomic E-state index is 14.4. The third-order valence-corrected chi connectivity index (χ3v) is 13.7. The summed E-state index contributed by atoms with van der Waals surface area (Å²) in [6, 6.07) is 18.5. The van der Waals surface area contributed by atoms with Crippen LogP contribution in [-0.2, 0) is 49.1 Å². The van der Waals surface area contributed by atoms with Crippen LogP contribution in [0.3, 0.4) is 0 Å².